The molecule has 0 aliphatic carbocycles. The lowest BCUT2D eigenvalue weighted by molar-refractivity contribution is -0.137. The van der Waals surface area contributed by atoms with Gasteiger partial charge in [-0.25, -0.2) is 4.79 Å². The number of carbonyl (C=O) groups is 1. The highest BCUT2D eigenvalue weighted by Gasteiger charge is 2.19. The van der Waals surface area contributed by atoms with Gasteiger partial charge in [0.25, 0.3) is 0 Å². The van der Waals surface area contributed by atoms with Crippen LogP contribution in [0.1, 0.15) is 47.5 Å². The average molecular weight is 253 g/mol. The molecule has 0 aromatic heterocycles. The zero-order valence-electron chi connectivity index (χ0n) is 12.4. The number of hydrogen-bond donors (Lipinski definition) is 1. The smallest absolute Gasteiger partial charge is 0.333 e. The molecule has 0 amide bonds. The van der Waals surface area contributed by atoms with E-state index in [1.54, 1.807) is 6.92 Å². The summed E-state index contributed by atoms with van der Waals surface area (Å²) in [6.45, 7) is 13.9. The fourth-order valence-corrected chi connectivity index (χ4v) is 1.90. The molecule has 0 radical (unpaired) electrons. The Labute approximate surface area is 111 Å². The minimum Gasteiger partial charge on any atom is -0.456 e. The number of carbonyl (C=O) groups excluding carboxylic acids is 1. The van der Waals surface area contributed by atoms with E-state index < -0.39 is 5.97 Å². The number of ether oxygens (including phenoxy) is 1. The number of esters is 1. The highest BCUT2D eigenvalue weighted by atomic mass is 16.5. The molecule has 0 saturated heterocycles. The van der Waals surface area contributed by atoms with E-state index >= 15 is 0 Å². The predicted octanol–water partition coefficient (Wildman–Crippen LogP) is 3.83. The van der Waals surface area contributed by atoms with Gasteiger partial charge in [0.15, 0.2) is 0 Å². The molecule has 0 spiro atoms. The lowest BCUT2D eigenvalue weighted by Gasteiger charge is -2.21. The van der Waals surface area contributed by atoms with E-state index in [0.717, 1.165) is 12.8 Å². The van der Waals surface area contributed by atoms with Crippen LogP contribution in [-0.4, -0.2) is 18.3 Å². The van der Waals surface area contributed by atoms with E-state index in [2.05, 4.69) is 34.3 Å². The maximum Gasteiger partial charge on any atom is 0.333 e. The van der Waals surface area contributed by atoms with Crippen LogP contribution in [0.15, 0.2) is 12.2 Å². The van der Waals surface area contributed by atoms with Crippen LogP contribution in [0.25, 0.3) is 0 Å². The van der Waals surface area contributed by atoms with Crippen LogP contribution in [-0.2, 0) is 9.53 Å². The first-order valence-electron chi connectivity index (χ1n) is 6.64. The summed E-state index contributed by atoms with van der Waals surface area (Å²) < 4.78 is 5.05. The van der Waals surface area contributed by atoms with Crippen molar-refractivity contribution in [1.29, 1.82) is 5.41 Å². The van der Waals surface area contributed by atoms with Crippen molar-refractivity contribution in [1.82, 2.24) is 0 Å². The van der Waals surface area contributed by atoms with Gasteiger partial charge < -0.3 is 10.1 Å². The Morgan fingerprint density at radius 2 is 1.61 bits per heavy atom. The fraction of sp³-hybridized carbons (Fsp3) is 0.733. The molecule has 0 aromatic carbocycles. The van der Waals surface area contributed by atoms with Crippen LogP contribution in [0.2, 0.25) is 0 Å². The monoisotopic (exact) mass is 253 g/mol. The predicted molar refractivity (Wildman–Crippen MR) is 75.9 cm³/mol. The second kappa shape index (κ2) is 8.06. The Bertz CT molecular complexity index is 296. The first-order valence-corrected chi connectivity index (χ1v) is 6.64. The van der Waals surface area contributed by atoms with Crippen molar-refractivity contribution in [2.45, 2.75) is 47.5 Å². The largest absolute Gasteiger partial charge is 0.456 e. The topological polar surface area (TPSA) is 50.2 Å². The second-order valence-corrected chi connectivity index (χ2v) is 5.84. The van der Waals surface area contributed by atoms with Crippen LogP contribution in [0.4, 0.5) is 0 Å². The molecule has 3 heteroatoms. The molecular formula is C15H27NO2. The van der Waals surface area contributed by atoms with E-state index in [9.17, 15) is 4.79 Å². The maximum absolute atomic E-state index is 11.3. The summed E-state index contributed by atoms with van der Waals surface area (Å²) in [5, 5.41) is 8.06. The van der Waals surface area contributed by atoms with Crippen LogP contribution in [0.3, 0.4) is 0 Å². The van der Waals surface area contributed by atoms with E-state index in [-0.39, 0.29) is 12.5 Å². The molecule has 1 N–H and O–H groups in total. The minimum absolute atomic E-state index is 0.0931. The first-order chi connectivity index (χ1) is 8.23. The molecule has 0 heterocycles. The van der Waals surface area contributed by atoms with Gasteiger partial charge in [0.05, 0.1) is 0 Å². The summed E-state index contributed by atoms with van der Waals surface area (Å²) in [6, 6.07) is 0. The van der Waals surface area contributed by atoms with Gasteiger partial charge in [-0.3, -0.25) is 0 Å². The highest BCUT2D eigenvalue weighted by molar-refractivity contribution is 5.91. The summed E-state index contributed by atoms with van der Waals surface area (Å²) in [7, 11) is 0. The number of rotatable bonds is 8. The molecule has 0 aromatic rings. The summed E-state index contributed by atoms with van der Waals surface area (Å²) in [6.07, 6.45) is 1.95. The highest BCUT2D eigenvalue weighted by Crippen LogP contribution is 2.21. The Morgan fingerprint density at radius 1 is 1.17 bits per heavy atom. The van der Waals surface area contributed by atoms with Crippen molar-refractivity contribution < 1.29 is 9.53 Å². The molecular weight excluding hydrogens is 226 g/mol. The third kappa shape index (κ3) is 7.25. The summed E-state index contributed by atoms with van der Waals surface area (Å²) in [4.78, 5) is 11.3. The fourth-order valence-electron chi connectivity index (χ4n) is 1.90. The molecule has 0 fully saturated rings. The van der Waals surface area contributed by atoms with Gasteiger partial charge in [0.2, 0.25) is 0 Å². The second-order valence-electron chi connectivity index (χ2n) is 5.84. The summed E-state index contributed by atoms with van der Waals surface area (Å²) in [5.41, 5.74) is 0.902. The molecule has 0 atom stereocenters. The summed E-state index contributed by atoms with van der Waals surface area (Å²) in [5.74, 6) is 0.896. The third-order valence-electron chi connectivity index (χ3n) is 2.71. The van der Waals surface area contributed by atoms with E-state index in [0.29, 0.717) is 23.1 Å². The molecule has 104 valence electrons. The van der Waals surface area contributed by atoms with Gasteiger partial charge in [-0.2, -0.15) is 0 Å². The van der Waals surface area contributed by atoms with E-state index in [1.807, 2.05) is 0 Å². The Balaban J connectivity index is 4.37. The van der Waals surface area contributed by atoms with Crippen molar-refractivity contribution in [2.75, 3.05) is 6.61 Å². The third-order valence-corrected chi connectivity index (χ3v) is 2.71. The van der Waals surface area contributed by atoms with Gasteiger partial charge in [-0.15, -0.1) is 0 Å². The van der Waals surface area contributed by atoms with Crippen molar-refractivity contribution in [2.24, 2.45) is 17.8 Å². The standard InChI is InChI=1S/C15H27NO2/c1-10(2)7-13(8-11(3)4)14(16)9-18-15(17)12(5)6/h10-11,13,16H,5,7-9H2,1-4,6H3. The van der Waals surface area contributed by atoms with Crippen LogP contribution in [0, 0.1) is 23.2 Å². The van der Waals surface area contributed by atoms with Gasteiger partial charge in [-0.1, -0.05) is 34.3 Å². The van der Waals surface area contributed by atoms with Gasteiger partial charge in [0.1, 0.15) is 6.61 Å². The van der Waals surface area contributed by atoms with Crippen molar-refractivity contribution in [3.05, 3.63) is 12.2 Å². The SMILES string of the molecule is C=C(C)C(=O)OCC(=N)C(CC(C)C)CC(C)C. The molecule has 0 bridgehead atoms. The van der Waals surface area contributed by atoms with Crippen LogP contribution >= 0.6 is 0 Å². The van der Waals surface area contributed by atoms with Gasteiger partial charge >= 0.3 is 5.97 Å². The van der Waals surface area contributed by atoms with Crippen molar-refractivity contribution >= 4 is 11.7 Å². The lowest BCUT2D eigenvalue weighted by atomic mass is 9.86. The van der Waals surface area contributed by atoms with Gasteiger partial charge in [-0.05, 0) is 31.6 Å². The average Bonchev–Trinajstić information content (AvgIpc) is 2.22. The molecule has 0 saturated carbocycles. The molecule has 0 unspecified atom stereocenters. The minimum atomic E-state index is -0.410. The Kier molecular flexibility index (Phi) is 7.56. The summed E-state index contributed by atoms with van der Waals surface area (Å²) >= 11 is 0. The normalized spacial score (nSPS) is 11.1. The van der Waals surface area contributed by atoms with Crippen LogP contribution in [0.5, 0.6) is 0 Å². The maximum atomic E-state index is 11.3. The Morgan fingerprint density at radius 3 is 1.94 bits per heavy atom. The lowest BCUT2D eigenvalue weighted by Crippen LogP contribution is -2.24. The van der Waals surface area contributed by atoms with Crippen LogP contribution < -0.4 is 0 Å². The Hall–Kier alpha value is -1.12. The van der Waals surface area contributed by atoms with E-state index in [4.69, 9.17) is 10.1 Å². The van der Waals surface area contributed by atoms with Crippen molar-refractivity contribution in [3.8, 4) is 0 Å². The molecule has 0 rings (SSSR count). The molecule has 18 heavy (non-hydrogen) atoms. The zero-order valence-corrected chi connectivity index (χ0v) is 12.4. The zero-order chi connectivity index (χ0) is 14.3. The molecule has 0 aliphatic heterocycles. The van der Waals surface area contributed by atoms with Crippen molar-refractivity contribution in [3.63, 3.8) is 0 Å². The quantitative estimate of drug-likeness (QED) is 0.406. The molecule has 0 aliphatic rings. The van der Waals surface area contributed by atoms with Gasteiger partial charge in [0, 0.05) is 17.2 Å². The first kappa shape index (κ1) is 16.9. The molecule has 3 nitrogen and oxygen atoms in total. The van der Waals surface area contributed by atoms with E-state index in [1.165, 1.54) is 0 Å². The number of hydrogen-bond acceptors (Lipinski definition) is 3. The number of nitrogens with one attached hydrogen (secondary N) is 1.